The molecule has 1 aliphatic carbocycles. The van der Waals surface area contributed by atoms with Crippen LogP contribution >= 0.6 is 28.3 Å². The molecule has 1 N–H and O–H groups in total. The Balaban J connectivity index is 0.00000147. The summed E-state index contributed by atoms with van der Waals surface area (Å²) in [4.78, 5) is 14.1. The first-order valence-corrected chi connectivity index (χ1v) is 7.78. The van der Waals surface area contributed by atoms with Crippen molar-refractivity contribution in [2.75, 3.05) is 19.6 Å². The molecule has 0 unspecified atom stereocenters. The van der Waals surface area contributed by atoms with Gasteiger partial charge in [-0.25, -0.2) is 0 Å². The SMILES string of the molecule is Cl.O=C(c1coc(Br)c1)N1CCC(NCC2CC2)CC1. The third-order valence-corrected chi connectivity index (χ3v) is 4.40. The van der Waals surface area contributed by atoms with Crippen LogP contribution in [0.25, 0.3) is 0 Å². The molecule has 0 radical (unpaired) electrons. The van der Waals surface area contributed by atoms with Crippen LogP contribution in [0, 0.1) is 5.92 Å². The molecular weight excluding hydrogens is 344 g/mol. The number of nitrogens with zero attached hydrogens (tertiary/aromatic N) is 1. The number of rotatable bonds is 4. The zero-order valence-electron chi connectivity index (χ0n) is 11.3. The summed E-state index contributed by atoms with van der Waals surface area (Å²) in [5.41, 5.74) is 0.635. The monoisotopic (exact) mass is 362 g/mol. The van der Waals surface area contributed by atoms with E-state index < -0.39 is 0 Å². The lowest BCUT2D eigenvalue weighted by atomic mass is 10.0. The number of carbonyl (C=O) groups is 1. The van der Waals surface area contributed by atoms with Gasteiger partial charge in [0, 0.05) is 25.2 Å². The maximum Gasteiger partial charge on any atom is 0.257 e. The second-order valence-electron chi connectivity index (χ2n) is 5.56. The fourth-order valence-electron chi connectivity index (χ4n) is 2.55. The summed E-state index contributed by atoms with van der Waals surface area (Å²) in [6.07, 6.45) is 6.40. The predicted molar refractivity (Wildman–Crippen MR) is 83.3 cm³/mol. The standard InChI is InChI=1S/C14H19BrN2O2.ClH/c15-13-7-11(9-19-13)14(18)17-5-3-12(4-6-17)16-8-10-1-2-10;/h7,9-10,12,16H,1-6,8H2;1H. The van der Waals surface area contributed by atoms with Crippen molar-refractivity contribution in [2.45, 2.75) is 31.7 Å². The lowest BCUT2D eigenvalue weighted by Gasteiger charge is -2.32. The number of hydrogen-bond donors (Lipinski definition) is 1. The van der Waals surface area contributed by atoms with Gasteiger partial charge in [0.1, 0.15) is 6.26 Å². The van der Waals surface area contributed by atoms with Crippen LogP contribution in [-0.4, -0.2) is 36.5 Å². The molecule has 112 valence electrons. The number of hydrogen-bond acceptors (Lipinski definition) is 3. The van der Waals surface area contributed by atoms with Crippen molar-refractivity contribution in [2.24, 2.45) is 5.92 Å². The summed E-state index contributed by atoms with van der Waals surface area (Å²) in [5.74, 6) is 0.998. The van der Waals surface area contributed by atoms with Crippen molar-refractivity contribution in [1.29, 1.82) is 0 Å². The van der Waals surface area contributed by atoms with Gasteiger partial charge >= 0.3 is 0 Å². The van der Waals surface area contributed by atoms with E-state index in [0.29, 0.717) is 16.3 Å². The Morgan fingerprint density at radius 2 is 2.05 bits per heavy atom. The topological polar surface area (TPSA) is 45.5 Å². The number of furan rings is 1. The van der Waals surface area contributed by atoms with Crippen LogP contribution in [0.2, 0.25) is 0 Å². The van der Waals surface area contributed by atoms with Crippen LogP contribution in [0.5, 0.6) is 0 Å². The maximum atomic E-state index is 12.2. The summed E-state index contributed by atoms with van der Waals surface area (Å²) in [5, 5.41) is 3.62. The summed E-state index contributed by atoms with van der Waals surface area (Å²) >= 11 is 3.23. The van der Waals surface area contributed by atoms with Gasteiger partial charge in [-0.2, -0.15) is 0 Å². The van der Waals surface area contributed by atoms with Gasteiger partial charge in [-0.1, -0.05) is 0 Å². The fourth-order valence-corrected chi connectivity index (χ4v) is 2.89. The number of amides is 1. The van der Waals surface area contributed by atoms with Gasteiger partial charge < -0.3 is 14.6 Å². The first kappa shape index (κ1) is 15.9. The van der Waals surface area contributed by atoms with Gasteiger partial charge in [0.15, 0.2) is 4.67 Å². The van der Waals surface area contributed by atoms with Crippen LogP contribution in [0.3, 0.4) is 0 Å². The molecule has 1 aliphatic heterocycles. The maximum absolute atomic E-state index is 12.2. The Morgan fingerprint density at radius 3 is 2.60 bits per heavy atom. The third-order valence-electron chi connectivity index (χ3n) is 3.99. The Bertz CT molecular complexity index is 454. The van der Waals surface area contributed by atoms with Gasteiger partial charge in [0.2, 0.25) is 0 Å². The van der Waals surface area contributed by atoms with Gasteiger partial charge in [-0.05, 0) is 54.1 Å². The molecule has 1 aromatic heterocycles. The molecule has 0 spiro atoms. The van der Waals surface area contributed by atoms with Crippen molar-refractivity contribution >= 4 is 34.2 Å². The van der Waals surface area contributed by atoms with E-state index >= 15 is 0 Å². The lowest BCUT2D eigenvalue weighted by Crippen LogP contribution is -2.45. The molecule has 1 saturated carbocycles. The zero-order chi connectivity index (χ0) is 13.2. The summed E-state index contributed by atoms with van der Waals surface area (Å²) in [6, 6.07) is 2.32. The van der Waals surface area contributed by atoms with Crippen molar-refractivity contribution in [3.8, 4) is 0 Å². The minimum atomic E-state index is 0. The molecule has 0 bridgehead atoms. The predicted octanol–water partition coefficient (Wildman–Crippen LogP) is 3.07. The van der Waals surface area contributed by atoms with E-state index in [1.807, 2.05) is 4.90 Å². The molecule has 1 aromatic rings. The molecule has 1 amide bonds. The molecule has 2 fully saturated rings. The Labute approximate surface area is 133 Å². The van der Waals surface area contributed by atoms with Gasteiger partial charge in [0.25, 0.3) is 5.91 Å². The third kappa shape index (κ3) is 3.99. The van der Waals surface area contributed by atoms with Gasteiger partial charge in [-0.3, -0.25) is 4.79 Å². The van der Waals surface area contributed by atoms with Crippen molar-refractivity contribution in [3.63, 3.8) is 0 Å². The highest BCUT2D eigenvalue weighted by atomic mass is 79.9. The smallest absolute Gasteiger partial charge is 0.257 e. The molecule has 3 rings (SSSR count). The van der Waals surface area contributed by atoms with E-state index in [-0.39, 0.29) is 18.3 Å². The number of piperidine rings is 1. The highest BCUT2D eigenvalue weighted by molar-refractivity contribution is 9.10. The number of likely N-dealkylation sites (tertiary alicyclic amines) is 1. The average molecular weight is 364 g/mol. The first-order valence-electron chi connectivity index (χ1n) is 6.99. The molecular formula is C14H20BrClN2O2. The molecule has 6 heteroatoms. The molecule has 0 atom stereocenters. The van der Waals surface area contributed by atoms with Gasteiger partial charge in [0.05, 0.1) is 5.56 Å². The summed E-state index contributed by atoms with van der Waals surface area (Å²) < 4.78 is 5.73. The minimum Gasteiger partial charge on any atom is -0.457 e. The summed E-state index contributed by atoms with van der Waals surface area (Å²) in [7, 11) is 0. The largest absolute Gasteiger partial charge is 0.457 e. The van der Waals surface area contributed by atoms with E-state index in [4.69, 9.17) is 4.42 Å². The average Bonchev–Trinajstić information content (AvgIpc) is 3.17. The van der Waals surface area contributed by atoms with Crippen LogP contribution in [0.15, 0.2) is 21.4 Å². The summed E-state index contributed by atoms with van der Waals surface area (Å²) in [6.45, 7) is 2.83. The minimum absolute atomic E-state index is 0. The molecule has 20 heavy (non-hydrogen) atoms. The van der Waals surface area contributed by atoms with Crippen molar-refractivity contribution < 1.29 is 9.21 Å². The van der Waals surface area contributed by atoms with E-state index in [2.05, 4.69) is 21.2 Å². The van der Waals surface area contributed by atoms with E-state index in [1.165, 1.54) is 19.1 Å². The number of carbonyl (C=O) groups excluding carboxylic acids is 1. The van der Waals surface area contributed by atoms with Crippen LogP contribution < -0.4 is 5.32 Å². The van der Waals surface area contributed by atoms with Crippen LogP contribution in [-0.2, 0) is 0 Å². The van der Waals surface area contributed by atoms with Crippen LogP contribution in [0.4, 0.5) is 0 Å². The van der Waals surface area contributed by atoms with Crippen molar-refractivity contribution in [1.82, 2.24) is 10.2 Å². The Morgan fingerprint density at radius 1 is 1.35 bits per heavy atom. The Hall–Kier alpha value is -0.520. The highest BCUT2D eigenvalue weighted by Gasteiger charge is 2.26. The Kier molecular flexibility index (Phi) is 5.52. The molecule has 1 saturated heterocycles. The quantitative estimate of drug-likeness (QED) is 0.894. The second-order valence-corrected chi connectivity index (χ2v) is 6.34. The molecule has 2 heterocycles. The normalized spacial score (nSPS) is 19.8. The van der Waals surface area contributed by atoms with E-state index in [9.17, 15) is 4.79 Å². The molecule has 2 aliphatic rings. The second kappa shape index (κ2) is 6.96. The highest BCUT2D eigenvalue weighted by Crippen LogP contribution is 2.28. The fraction of sp³-hybridized carbons (Fsp3) is 0.643. The number of nitrogens with one attached hydrogen (secondary N) is 1. The lowest BCUT2D eigenvalue weighted by molar-refractivity contribution is 0.0704. The van der Waals surface area contributed by atoms with Crippen molar-refractivity contribution in [3.05, 3.63) is 22.6 Å². The van der Waals surface area contributed by atoms with E-state index in [0.717, 1.165) is 38.4 Å². The van der Waals surface area contributed by atoms with Crippen LogP contribution in [0.1, 0.15) is 36.0 Å². The van der Waals surface area contributed by atoms with Gasteiger partial charge in [-0.15, -0.1) is 12.4 Å². The molecule has 0 aromatic carbocycles. The zero-order valence-corrected chi connectivity index (χ0v) is 13.7. The molecule has 4 nitrogen and oxygen atoms in total. The number of halogens is 2. The first-order chi connectivity index (χ1) is 9.22. The van der Waals surface area contributed by atoms with E-state index in [1.54, 1.807) is 6.07 Å².